The van der Waals surface area contributed by atoms with Crippen LogP contribution in [0.1, 0.15) is 48.3 Å². The van der Waals surface area contributed by atoms with Crippen LogP contribution < -0.4 is 0 Å². The van der Waals surface area contributed by atoms with Gasteiger partial charge in [0.05, 0.1) is 5.60 Å². The summed E-state index contributed by atoms with van der Waals surface area (Å²) in [5.74, 6) is 0.307. The first-order valence-corrected chi connectivity index (χ1v) is 6.80. The smallest absolute Gasteiger partial charge is 0.184 e. The van der Waals surface area contributed by atoms with Gasteiger partial charge in [0.15, 0.2) is 5.78 Å². The third-order valence-electron chi connectivity index (χ3n) is 4.27. The van der Waals surface area contributed by atoms with E-state index in [9.17, 15) is 4.79 Å². The van der Waals surface area contributed by atoms with Crippen LogP contribution in [0, 0.1) is 12.8 Å². The van der Waals surface area contributed by atoms with Gasteiger partial charge in [0.25, 0.3) is 0 Å². The molecule has 1 saturated heterocycles. The third kappa shape index (κ3) is 2.07. The molecule has 1 aromatic rings. The van der Waals surface area contributed by atoms with Crippen LogP contribution in [0.3, 0.4) is 0 Å². The minimum Gasteiger partial charge on any atom is -0.375 e. The fourth-order valence-electron chi connectivity index (χ4n) is 3.06. The van der Waals surface area contributed by atoms with E-state index in [0.29, 0.717) is 5.69 Å². The van der Waals surface area contributed by atoms with E-state index in [1.807, 2.05) is 25.1 Å². The van der Waals surface area contributed by atoms with Crippen LogP contribution in [0.4, 0.5) is 0 Å². The van der Waals surface area contributed by atoms with Crippen molar-refractivity contribution >= 4 is 5.78 Å². The summed E-state index contributed by atoms with van der Waals surface area (Å²) in [7, 11) is 0. The second kappa shape index (κ2) is 4.47. The standard InChI is InChI=1S/C15H19NO2/c1-11-4-2-5-13(16-11)14(17)12-6-9-18-15(10-12)7-3-8-15/h2,4-5,12H,3,6-10H2,1H3. The molecule has 18 heavy (non-hydrogen) atoms. The Morgan fingerprint density at radius 3 is 2.94 bits per heavy atom. The summed E-state index contributed by atoms with van der Waals surface area (Å²) in [6.07, 6.45) is 5.22. The Morgan fingerprint density at radius 2 is 2.28 bits per heavy atom. The maximum atomic E-state index is 12.5. The van der Waals surface area contributed by atoms with Gasteiger partial charge in [0.1, 0.15) is 5.69 Å². The molecule has 3 rings (SSSR count). The van der Waals surface area contributed by atoms with Gasteiger partial charge in [-0.05, 0) is 51.2 Å². The molecular weight excluding hydrogens is 226 g/mol. The number of hydrogen-bond acceptors (Lipinski definition) is 3. The zero-order valence-corrected chi connectivity index (χ0v) is 10.8. The molecule has 1 aromatic heterocycles. The van der Waals surface area contributed by atoms with Gasteiger partial charge in [0, 0.05) is 18.2 Å². The second-order valence-corrected chi connectivity index (χ2v) is 5.60. The maximum Gasteiger partial charge on any atom is 0.184 e. The number of carbonyl (C=O) groups excluding carboxylic acids is 1. The number of aromatic nitrogens is 1. The molecule has 0 N–H and O–H groups in total. The summed E-state index contributed by atoms with van der Waals surface area (Å²) in [5, 5.41) is 0. The number of aryl methyl sites for hydroxylation is 1. The third-order valence-corrected chi connectivity index (χ3v) is 4.27. The van der Waals surface area contributed by atoms with E-state index in [0.717, 1.165) is 38.0 Å². The van der Waals surface area contributed by atoms with E-state index in [2.05, 4.69) is 4.98 Å². The molecule has 0 radical (unpaired) electrons. The average Bonchev–Trinajstić information content (AvgIpc) is 2.36. The fourth-order valence-corrected chi connectivity index (χ4v) is 3.06. The van der Waals surface area contributed by atoms with Crippen molar-refractivity contribution in [3.05, 3.63) is 29.6 Å². The molecule has 3 heteroatoms. The number of ketones is 1. The molecule has 1 aliphatic carbocycles. The zero-order valence-electron chi connectivity index (χ0n) is 10.8. The highest BCUT2D eigenvalue weighted by Gasteiger charge is 2.44. The molecule has 1 aliphatic heterocycles. The lowest BCUT2D eigenvalue weighted by atomic mass is 9.71. The lowest BCUT2D eigenvalue weighted by Gasteiger charge is -2.46. The first-order chi connectivity index (χ1) is 8.69. The van der Waals surface area contributed by atoms with Gasteiger partial charge in [-0.1, -0.05) is 6.07 Å². The van der Waals surface area contributed by atoms with Crippen molar-refractivity contribution in [2.45, 2.75) is 44.6 Å². The summed E-state index contributed by atoms with van der Waals surface area (Å²) < 4.78 is 5.87. The highest BCUT2D eigenvalue weighted by atomic mass is 16.5. The van der Waals surface area contributed by atoms with Crippen molar-refractivity contribution in [2.75, 3.05) is 6.61 Å². The van der Waals surface area contributed by atoms with Gasteiger partial charge in [-0.3, -0.25) is 9.78 Å². The Balaban J connectivity index is 1.76. The lowest BCUT2D eigenvalue weighted by molar-refractivity contribution is -0.137. The van der Waals surface area contributed by atoms with E-state index in [4.69, 9.17) is 4.74 Å². The molecule has 0 amide bonds. The minimum atomic E-state index is 0.0302. The van der Waals surface area contributed by atoms with Crippen LogP contribution in [0.15, 0.2) is 18.2 Å². The Kier molecular flexibility index (Phi) is 2.94. The SMILES string of the molecule is Cc1cccc(C(=O)C2CCOC3(CCC3)C2)n1. The van der Waals surface area contributed by atoms with Gasteiger partial charge < -0.3 is 4.74 Å². The van der Waals surface area contributed by atoms with Crippen molar-refractivity contribution in [1.29, 1.82) is 0 Å². The Labute approximate surface area is 108 Å². The molecule has 1 unspecified atom stereocenters. The Morgan fingerprint density at radius 1 is 1.44 bits per heavy atom. The molecule has 1 spiro atoms. The van der Waals surface area contributed by atoms with E-state index >= 15 is 0 Å². The lowest BCUT2D eigenvalue weighted by Crippen LogP contribution is -2.47. The largest absolute Gasteiger partial charge is 0.375 e. The van der Waals surface area contributed by atoms with E-state index < -0.39 is 0 Å². The number of carbonyl (C=O) groups is 1. The molecule has 1 saturated carbocycles. The summed E-state index contributed by atoms with van der Waals surface area (Å²) in [5.41, 5.74) is 1.56. The molecule has 0 bridgehead atoms. The summed E-state index contributed by atoms with van der Waals surface area (Å²) in [4.78, 5) is 16.8. The first kappa shape index (κ1) is 11.8. The van der Waals surface area contributed by atoms with Crippen LogP contribution >= 0.6 is 0 Å². The number of nitrogens with zero attached hydrogens (tertiary/aromatic N) is 1. The van der Waals surface area contributed by atoms with Crippen LogP contribution in [0.5, 0.6) is 0 Å². The van der Waals surface area contributed by atoms with E-state index in [1.165, 1.54) is 6.42 Å². The molecule has 96 valence electrons. The molecule has 0 aromatic carbocycles. The molecular formula is C15H19NO2. The normalized spacial score (nSPS) is 25.7. The van der Waals surface area contributed by atoms with E-state index in [-0.39, 0.29) is 17.3 Å². The van der Waals surface area contributed by atoms with Gasteiger partial charge >= 0.3 is 0 Å². The van der Waals surface area contributed by atoms with Crippen LogP contribution in [-0.2, 0) is 4.74 Å². The summed E-state index contributed by atoms with van der Waals surface area (Å²) in [6.45, 7) is 2.65. The Bertz CT molecular complexity index is 465. The molecule has 2 fully saturated rings. The predicted octanol–water partition coefficient (Wildman–Crippen LogP) is 2.92. The van der Waals surface area contributed by atoms with Crippen molar-refractivity contribution in [3.63, 3.8) is 0 Å². The minimum absolute atomic E-state index is 0.0302. The van der Waals surface area contributed by atoms with Gasteiger partial charge in [-0.25, -0.2) is 0 Å². The monoisotopic (exact) mass is 245 g/mol. The maximum absolute atomic E-state index is 12.5. The Hall–Kier alpha value is -1.22. The van der Waals surface area contributed by atoms with Crippen LogP contribution in [0.25, 0.3) is 0 Å². The van der Waals surface area contributed by atoms with Gasteiger partial charge in [0.2, 0.25) is 0 Å². The topological polar surface area (TPSA) is 39.2 Å². The number of Topliss-reactive ketones (excluding diaryl/α,β-unsaturated/α-hetero) is 1. The fraction of sp³-hybridized carbons (Fsp3) is 0.600. The highest BCUT2D eigenvalue weighted by Crippen LogP contribution is 2.44. The number of pyridine rings is 1. The van der Waals surface area contributed by atoms with Crippen molar-refractivity contribution in [2.24, 2.45) is 5.92 Å². The highest BCUT2D eigenvalue weighted by molar-refractivity contribution is 5.96. The van der Waals surface area contributed by atoms with Crippen molar-refractivity contribution in [3.8, 4) is 0 Å². The van der Waals surface area contributed by atoms with Crippen molar-refractivity contribution < 1.29 is 9.53 Å². The quantitative estimate of drug-likeness (QED) is 0.752. The molecule has 3 nitrogen and oxygen atoms in total. The van der Waals surface area contributed by atoms with Crippen LogP contribution in [0.2, 0.25) is 0 Å². The average molecular weight is 245 g/mol. The van der Waals surface area contributed by atoms with Crippen molar-refractivity contribution in [1.82, 2.24) is 4.98 Å². The van der Waals surface area contributed by atoms with Gasteiger partial charge in [-0.2, -0.15) is 0 Å². The molecule has 1 atom stereocenters. The first-order valence-electron chi connectivity index (χ1n) is 6.80. The van der Waals surface area contributed by atoms with Gasteiger partial charge in [-0.15, -0.1) is 0 Å². The second-order valence-electron chi connectivity index (χ2n) is 5.60. The predicted molar refractivity (Wildman–Crippen MR) is 68.6 cm³/mol. The molecule has 2 aliphatic rings. The van der Waals surface area contributed by atoms with Crippen LogP contribution in [-0.4, -0.2) is 23.0 Å². The number of rotatable bonds is 2. The summed E-state index contributed by atoms with van der Waals surface area (Å²) >= 11 is 0. The number of hydrogen-bond donors (Lipinski definition) is 0. The summed E-state index contributed by atoms with van der Waals surface area (Å²) in [6, 6.07) is 5.67. The zero-order chi connectivity index (χ0) is 12.6. The number of ether oxygens (including phenoxy) is 1. The molecule has 2 heterocycles. The van der Waals surface area contributed by atoms with E-state index in [1.54, 1.807) is 0 Å².